The van der Waals surface area contributed by atoms with Crippen molar-refractivity contribution in [2.45, 2.75) is 11.8 Å². The smallest absolute Gasteiger partial charge is 0.322 e. The average Bonchev–Trinajstić information content (AvgIpc) is 2.46. The summed E-state index contributed by atoms with van der Waals surface area (Å²) in [5, 5.41) is 9.70. The van der Waals surface area contributed by atoms with Gasteiger partial charge in [0.15, 0.2) is 0 Å². The van der Waals surface area contributed by atoms with Crippen molar-refractivity contribution >= 4 is 27.8 Å². The van der Waals surface area contributed by atoms with Gasteiger partial charge in [0, 0.05) is 16.9 Å². The molecule has 0 unspecified atom stereocenters. The number of aliphatic carboxylic acids is 1. The zero-order valence-corrected chi connectivity index (χ0v) is 13.1. The van der Waals surface area contributed by atoms with E-state index in [1.54, 1.807) is 7.11 Å². The molecule has 21 heavy (non-hydrogen) atoms. The number of carboxylic acids is 1. The van der Waals surface area contributed by atoms with Crippen molar-refractivity contribution in [3.05, 3.63) is 41.8 Å². The molecule has 1 aromatic rings. The Kier molecular flexibility index (Phi) is 6.73. The minimum atomic E-state index is -3.76. The Balaban J connectivity index is 2.53. The fraction of sp³-hybridized carbons (Fsp3) is 0.308. The van der Waals surface area contributed by atoms with Crippen molar-refractivity contribution in [1.29, 1.82) is 0 Å². The Hall–Kier alpha value is -1.51. The first-order valence-corrected chi connectivity index (χ1v) is 8.66. The first-order valence-electron chi connectivity index (χ1n) is 5.96. The maximum atomic E-state index is 11.3. The second-order valence-electron chi connectivity index (χ2n) is 4.08. The summed E-state index contributed by atoms with van der Waals surface area (Å²) in [6.45, 7) is 3.13. The van der Waals surface area contributed by atoms with Gasteiger partial charge >= 0.3 is 5.97 Å². The number of sulfonamides is 1. The number of nitrogens with one attached hydrogen (secondary N) is 1. The van der Waals surface area contributed by atoms with Crippen LogP contribution < -0.4 is 9.46 Å². The zero-order valence-electron chi connectivity index (χ0n) is 11.5. The summed E-state index contributed by atoms with van der Waals surface area (Å²) in [7, 11) is -2.19. The molecular weight excluding hydrogens is 314 g/mol. The molecule has 0 fully saturated rings. The maximum Gasteiger partial charge on any atom is 0.322 e. The van der Waals surface area contributed by atoms with Crippen molar-refractivity contribution in [3.8, 4) is 5.75 Å². The Labute approximate surface area is 128 Å². The lowest BCUT2D eigenvalue weighted by Gasteiger charge is -2.12. The second kappa shape index (κ2) is 8.06. The number of carboxylic acid groups (broad SMARTS) is 1. The van der Waals surface area contributed by atoms with Crippen LogP contribution in [0, 0.1) is 0 Å². The monoisotopic (exact) mass is 331 g/mol. The van der Waals surface area contributed by atoms with Crippen molar-refractivity contribution in [3.63, 3.8) is 0 Å². The third-order valence-electron chi connectivity index (χ3n) is 2.54. The minimum Gasteiger partial charge on any atom is -0.497 e. The molecule has 0 radical (unpaired) electrons. The van der Waals surface area contributed by atoms with Crippen LogP contribution in [0.25, 0.3) is 0 Å². The predicted molar refractivity (Wildman–Crippen MR) is 82.8 cm³/mol. The van der Waals surface area contributed by atoms with Crippen LogP contribution in [0.15, 0.2) is 36.3 Å². The van der Waals surface area contributed by atoms with E-state index in [2.05, 4.69) is 11.3 Å². The number of thioether (sulfide) groups is 1. The van der Waals surface area contributed by atoms with E-state index in [4.69, 9.17) is 9.84 Å². The van der Waals surface area contributed by atoms with Gasteiger partial charge in [0.05, 0.1) is 7.11 Å². The van der Waals surface area contributed by atoms with Crippen LogP contribution in [-0.4, -0.2) is 38.4 Å². The number of hydrogen-bond donors (Lipinski definition) is 2. The SMILES string of the molecule is C=CS(=O)(=O)N[C@@H](CSCc1ccc(OC)cc1)C(=O)O. The molecule has 0 aromatic heterocycles. The van der Waals surface area contributed by atoms with Crippen molar-refractivity contribution in [2.75, 3.05) is 12.9 Å². The maximum absolute atomic E-state index is 11.3. The molecule has 1 aromatic carbocycles. The van der Waals surface area contributed by atoms with Gasteiger partial charge in [-0.1, -0.05) is 18.7 Å². The largest absolute Gasteiger partial charge is 0.497 e. The first kappa shape index (κ1) is 17.5. The third kappa shape index (κ3) is 6.19. The first-order chi connectivity index (χ1) is 9.88. The van der Waals surface area contributed by atoms with Crippen LogP contribution >= 0.6 is 11.8 Å². The number of ether oxygens (including phenoxy) is 1. The highest BCUT2D eigenvalue weighted by Gasteiger charge is 2.22. The Morgan fingerprint density at radius 2 is 2.10 bits per heavy atom. The number of carbonyl (C=O) groups is 1. The van der Waals surface area contributed by atoms with Gasteiger partial charge in [0.1, 0.15) is 11.8 Å². The molecule has 116 valence electrons. The van der Waals surface area contributed by atoms with Crippen LogP contribution in [-0.2, 0) is 20.6 Å². The summed E-state index contributed by atoms with van der Waals surface area (Å²) >= 11 is 1.32. The molecule has 0 saturated heterocycles. The minimum absolute atomic E-state index is 0.119. The molecule has 1 atom stereocenters. The summed E-state index contributed by atoms with van der Waals surface area (Å²) in [5.74, 6) is 0.214. The number of hydrogen-bond acceptors (Lipinski definition) is 5. The van der Waals surface area contributed by atoms with Crippen LogP contribution in [0.1, 0.15) is 5.56 Å². The van der Waals surface area contributed by atoms with E-state index in [-0.39, 0.29) is 5.75 Å². The standard InChI is InChI=1S/C13H17NO5S2/c1-3-21(17,18)14-12(13(15)16)9-20-8-10-4-6-11(19-2)7-5-10/h3-7,12,14H,1,8-9H2,2H3,(H,15,16)/t12-/m0/s1. The molecule has 0 saturated carbocycles. The average molecular weight is 331 g/mol. The number of methoxy groups -OCH3 is 1. The van der Waals surface area contributed by atoms with Gasteiger partial charge in [-0.05, 0) is 17.7 Å². The topological polar surface area (TPSA) is 92.7 Å². The molecule has 0 bridgehead atoms. The quantitative estimate of drug-likeness (QED) is 0.711. The lowest BCUT2D eigenvalue weighted by Crippen LogP contribution is -2.41. The van der Waals surface area contributed by atoms with E-state index < -0.39 is 22.0 Å². The highest BCUT2D eigenvalue weighted by molar-refractivity contribution is 7.98. The molecule has 0 aliphatic carbocycles. The van der Waals surface area contributed by atoms with Gasteiger partial charge in [-0.2, -0.15) is 16.5 Å². The van der Waals surface area contributed by atoms with Crippen LogP contribution in [0.2, 0.25) is 0 Å². The van der Waals surface area contributed by atoms with Crippen LogP contribution in [0.5, 0.6) is 5.75 Å². The molecule has 0 spiro atoms. The molecule has 6 nitrogen and oxygen atoms in total. The fourth-order valence-electron chi connectivity index (χ4n) is 1.42. The van der Waals surface area contributed by atoms with Gasteiger partial charge in [-0.15, -0.1) is 0 Å². The van der Waals surface area contributed by atoms with E-state index in [0.29, 0.717) is 11.2 Å². The summed E-state index contributed by atoms with van der Waals surface area (Å²) in [6, 6.07) is 6.18. The number of rotatable bonds is 9. The van der Waals surface area contributed by atoms with Gasteiger partial charge < -0.3 is 9.84 Å². The van der Waals surface area contributed by atoms with E-state index in [1.807, 2.05) is 24.3 Å². The van der Waals surface area contributed by atoms with Crippen molar-refractivity contribution in [2.24, 2.45) is 0 Å². The highest BCUT2D eigenvalue weighted by atomic mass is 32.2. The van der Waals surface area contributed by atoms with Crippen LogP contribution in [0.3, 0.4) is 0 Å². The summed E-state index contributed by atoms with van der Waals surface area (Å²) < 4.78 is 29.7. The normalized spacial score (nSPS) is 12.6. The molecule has 0 amide bonds. The van der Waals surface area contributed by atoms with Gasteiger partial charge in [0.25, 0.3) is 0 Å². The van der Waals surface area contributed by atoms with Crippen LogP contribution in [0.4, 0.5) is 0 Å². The van der Waals surface area contributed by atoms with Gasteiger partial charge in [0.2, 0.25) is 10.0 Å². The summed E-state index contributed by atoms with van der Waals surface area (Å²) in [5.41, 5.74) is 0.997. The number of benzene rings is 1. The lowest BCUT2D eigenvalue weighted by atomic mass is 10.2. The molecule has 8 heteroatoms. The van der Waals surface area contributed by atoms with E-state index in [9.17, 15) is 13.2 Å². The van der Waals surface area contributed by atoms with E-state index in [1.165, 1.54) is 11.8 Å². The third-order valence-corrected chi connectivity index (χ3v) is 4.69. The van der Waals surface area contributed by atoms with Gasteiger partial charge in [-0.3, -0.25) is 4.79 Å². The molecular formula is C13H17NO5S2. The molecule has 0 aliphatic rings. The Bertz CT molecular complexity index is 583. The second-order valence-corrected chi connectivity index (χ2v) is 6.77. The van der Waals surface area contributed by atoms with E-state index >= 15 is 0 Å². The van der Waals surface area contributed by atoms with E-state index in [0.717, 1.165) is 11.3 Å². The summed E-state index contributed by atoms with van der Waals surface area (Å²) in [6.07, 6.45) is 0. The summed E-state index contributed by atoms with van der Waals surface area (Å²) in [4.78, 5) is 11.0. The lowest BCUT2D eigenvalue weighted by molar-refractivity contribution is -0.138. The Morgan fingerprint density at radius 1 is 1.48 bits per heavy atom. The van der Waals surface area contributed by atoms with Crippen molar-refractivity contribution in [1.82, 2.24) is 4.72 Å². The molecule has 1 rings (SSSR count). The predicted octanol–water partition coefficient (Wildman–Crippen LogP) is 1.44. The highest BCUT2D eigenvalue weighted by Crippen LogP contribution is 2.17. The zero-order chi connectivity index (χ0) is 15.9. The fourth-order valence-corrected chi connectivity index (χ4v) is 3.21. The molecule has 0 aliphatic heterocycles. The Morgan fingerprint density at radius 3 is 2.57 bits per heavy atom. The molecule has 0 heterocycles. The van der Waals surface area contributed by atoms with Crippen molar-refractivity contribution < 1.29 is 23.1 Å². The molecule has 2 N–H and O–H groups in total. The van der Waals surface area contributed by atoms with Gasteiger partial charge in [-0.25, -0.2) is 8.42 Å².